The van der Waals surface area contributed by atoms with E-state index in [1.54, 1.807) is 4.90 Å². The molecular weight excluding hydrogens is 404 g/mol. The number of carbonyl (C=O) groups excluding carboxylic acids is 3. The molecule has 1 saturated heterocycles. The van der Waals surface area contributed by atoms with E-state index < -0.39 is 6.04 Å². The molecule has 156 valence electrons. The molecular formula is C22H22N2O5S. The molecule has 2 aromatic carbocycles. The fourth-order valence-electron chi connectivity index (χ4n) is 3.38. The predicted molar refractivity (Wildman–Crippen MR) is 113 cm³/mol. The van der Waals surface area contributed by atoms with Gasteiger partial charge < -0.3 is 19.7 Å². The minimum absolute atomic E-state index is 0.0561. The number of hydrogen-bond acceptors (Lipinski definition) is 6. The molecule has 2 aliphatic heterocycles. The third-order valence-electron chi connectivity index (χ3n) is 5.25. The Bertz CT molecular complexity index is 1010. The van der Waals surface area contributed by atoms with Crippen LogP contribution in [0.15, 0.2) is 36.4 Å². The molecule has 1 N–H and O–H groups in total. The Morgan fingerprint density at radius 3 is 2.57 bits per heavy atom. The predicted octanol–water partition coefficient (Wildman–Crippen LogP) is 3.07. The Kier molecular flexibility index (Phi) is 5.67. The van der Waals surface area contributed by atoms with Gasteiger partial charge in [-0.05, 0) is 54.8 Å². The zero-order valence-corrected chi connectivity index (χ0v) is 17.6. The third kappa shape index (κ3) is 4.28. The van der Waals surface area contributed by atoms with Crippen molar-refractivity contribution in [3.63, 3.8) is 0 Å². The number of carbonyl (C=O) groups is 3. The smallest absolute Gasteiger partial charge is 0.287 e. The van der Waals surface area contributed by atoms with Crippen LogP contribution in [0, 0.1) is 13.8 Å². The monoisotopic (exact) mass is 426 g/mol. The molecule has 0 aliphatic carbocycles. The molecule has 2 heterocycles. The lowest BCUT2D eigenvalue weighted by Gasteiger charge is -2.29. The first-order valence-corrected chi connectivity index (χ1v) is 10.5. The number of thioether (sulfide) groups is 1. The normalized spacial score (nSPS) is 18.1. The average Bonchev–Trinajstić information content (AvgIpc) is 3.03. The number of amides is 2. The maximum Gasteiger partial charge on any atom is 0.287 e. The summed E-state index contributed by atoms with van der Waals surface area (Å²) in [6.07, 6.45) is 0.454. The molecule has 4 rings (SSSR count). The highest BCUT2D eigenvalue weighted by atomic mass is 32.2. The molecule has 2 aromatic rings. The van der Waals surface area contributed by atoms with Crippen molar-refractivity contribution >= 4 is 28.0 Å². The number of nitrogens with one attached hydrogen (secondary N) is 1. The Morgan fingerprint density at radius 1 is 1.13 bits per heavy atom. The maximum atomic E-state index is 12.7. The number of ether oxygens (including phenoxy) is 2. The summed E-state index contributed by atoms with van der Waals surface area (Å²) < 4.78 is 11.5. The van der Waals surface area contributed by atoms with E-state index in [9.17, 15) is 14.4 Å². The highest BCUT2D eigenvalue weighted by Crippen LogP contribution is 2.28. The van der Waals surface area contributed by atoms with Gasteiger partial charge in [0.2, 0.25) is 5.12 Å². The Labute approximate surface area is 178 Å². The number of nitrogens with zero attached hydrogens (tertiary/aromatic N) is 1. The van der Waals surface area contributed by atoms with Gasteiger partial charge in [0.05, 0.1) is 12.1 Å². The lowest BCUT2D eigenvalue weighted by molar-refractivity contribution is -0.112. The van der Waals surface area contributed by atoms with E-state index in [0.29, 0.717) is 48.4 Å². The van der Waals surface area contributed by atoms with Gasteiger partial charge in [0.15, 0.2) is 6.73 Å². The second-order valence-corrected chi connectivity index (χ2v) is 8.35. The van der Waals surface area contributed by atoms with Crippen molar-refractivity contribution in [1.82, 2.24) is 10.2 Å². The van der Waals surface area contributed by atoms with E-state index in [1.165, 1.54) is 0 Å². The summed E-state index contributed by atoms with van der Waals surface area (Å²) in [5.74, 6) is 1.25. The lowest BCUT2D eigenvalue weighted by Crippen LogP contribution is -2.41. The first-order chi connectivity index (χ1) is 14.4. The van der Waals surface area contributed by atoms with Crippen molar-refractivity contribution in [3.05, 3.63) is 58.7 Å². The topological polar surface area (TPSA) is 84.9 Å². The Morgan fingerprint density at radius 2 is 1.87 bits per heavy atom. The van der Waals surface area contributed by atoms with Crippen molar-refractivity contribution in [2.75, 3.05) is 19.9 Å². The average molecular weight is 426 g/mol. The first kappa shape index (κ1) is 20.3. The zero-order valence-electron chi connectivity index (χ0n) is 16.8. The van der Waals surface area contributed by atoms with Gasteiger partial charge in [-0.1, -0.05) is 12.1 Å². The molecule has 30 heavy (non-hydrogen) atoms. The molecule has 0 spiro atoms. The van der Waals surface area contributed by atoms with E-state index in [2.05, 4.69) is 5.32 Å². The number of aryl methyl sites for hydroxylation is 2. The molecule has 7 nitrogen and oxygen atoms in total. The molecule has 0 saturated carbocycles. The molecule has 0 aromatic heterocycles. The fraction of sp³-hybridized carbons (Fsp3) is 0.318. The summed E-state index contributed by atoms with van der Waals surface area (Å²) in [6, 6.07) is 10.7. The van der Waals surface area contributed by atoms with Crippen LogP contribution in [0.25, 0.3) is 0 Å². The minimum atomic E-state index is -0.477. The van der Waals surface area contributed by atoms with E-state index >= 15 is 0 Å². The van der Waals surface area contributed by atoms with Gasteiger partial charge in [-0.15, -0.1) is 0 Å². The number of fused-ring (bicyclic) bond motifs is 1. The highest BCUT2D eigenvalue weighted by molar-refractivity contribution is 8.26. The zero-order chi connectivity index (χ0) is 21.3. The van der Waals surface area contributed by atoms with Crippen LogP contribution in [0.1, 0.15) is 27.0 Å². The summed E-state index contributed by atoms with van der Waals surface area (Å²) in [5, 5.41) is 2.20. The van der Waals surface area contributed by atoms with Crippen LogP contribution in [0.3, 0.4) is 0 Å². The second-order valence-electron chi connectivity index (χ2n) is 7.38. The van der Waals surface area contributed by atoms with Crippen molar-refractivity contribution in [2.45, 2.75) is 26.3 Å². The van der Waals surface area contributed by atoms with Crippen LogP contribution in [-0.4, -0.2) is 47.1 Å². The fourth-order valence-corrected chi connectivity index (χ4v) is 4.05. The van der Waals surface area contributed by atoms with Crippen LogP contribution in [-0.2, 0) is 11.2 Å². The third-order valence-corrected chi connectivity index (χ3v) is 6.04. The van der Waals surface area contributed by atoms with E-state index in [4.69, 9.17) is 9.47 Å². The summed E-state index contributed by atoms with van der Waals surface area (Å²) in [6.45, 7) is 4.92. The highest BCUT2D eigenvalue weighted by Gasteiger charge is 2.31. The molecule has 1 unspecified atom stereocenters. The summed E-state index contributed by atoms with van der Waals surface area (Å²) >= 11 is 0.717. The van der Waals surface area contributed by atoms with Crippen LogP contribution in [0.4, 0.5) is 4.79 Å². The number of benzene rings is 2. The largest absolute Gasteiger partial charge is 0.492 e. The summed E-state index contributed by atoms with van der Waals surface area (Å²) in [5.41, 5.74) is 3.67. The maximum absolute atomic E-state index is 12.7. The molecule has 0 bridgehead atoms. The van der Waals surface area contributed by atoms with Gasteiger partial charge in [0, 0.05) is 18.2 Å². The number of hydrogen-bond donors (Lipinski definition) is 1. The van der Waals surface area contributed by atoms with E-state index in [-0.39, 0.29) is 23.0 Å². The Hall–Kier alpha value is -3.00. The molecule has 1 fully saturated rings. The van der Waals surface area contributed by atoms with E-state index in [1.807, 2.05) is 50.2 Å². The molecule has 2 aliphatic rings. The lowest BCUT2D eigenvalue weighted by atomic mass is 10.0. The van der Waals surface area contributed by atoms with Gasteiger partial charge in [-0.25, -0.2) is 0 Å². The van der Waals surface area contributed by atoms with Crippen LogP contribution < -0.4 is 14.8 Å². The summed E-state index contributed by atoms with van der Waals surface area (Å²) in [4.78, 5) is 37.3. The van der Waals surface area contributed by atoms with Gasteiger partial charge in [0.1, 0.15) is 24.1 Å². The second kappa shape index (κ2) is 8.39. The van der Waals surface area contributed by atoms with Crippen LogP contribution in [0.2, 0.25) is 0 Å². The van der Waals surface area contributed by atoms with E-state index in [0.717, 1.165) is 16.7 Å². The van der Waals surface area contributed by atoms with Crippen LogP contribution in [0.5, 0.6) is 11.5 Å². The van der Waals surface area contributed by atoms with Crippen molar-refractivity contribution in [3.8, 4) is 11.5 Å². The van der Waals surface area contributed by atoms with Gasteiger partial charge in [-0.3, -0.25) is 14.4 Å². The molecule has 2 amide bonds. The molecule has 8 heteroatoms. The Balaban J connectivity index is 1.29. The van der Waals surface area contributed by atoms with Crippen molar-refractivity contribution in [2.24, 2.45) is 0 Å². The minimum Gasteiger partial charge on any atom is -0.492 e. The SMILES string of the molecule is Cc1cc2c(cc1C)C(=O)N(CCOc1ccc(CC3NC(=O)SC3=O)cc1)CO2. The standard InChI is InChI=1S/C22H22N2O5S/c1-13-9-17-19(10-14(13)2)29-12-24(20(17)25)7-8-28-16-5-3-15(4-6-16)11-18-21(26)30-22(27)23-18/h3-6,9-10,18H,7-8,11-12H2,1-2H3,(H,23,27). The quantitative estimate of drug-likeness (QED) is 0.764. The van der Waals surface area contributed by atoms with Crippen molar-refractivity contribution < 1.29 is 23.9 Å². The van der Waals surface area contributed by atoms with Crippen LogP contribution >= 0.6 is 11.8 Å². The van der Waals surface area contributed by atoms with Crippen molar-refractivity contribution in [1.29, 1.82) is 0 Å². The van der Waals surface area contributed by atoms with Gasteiger partial charge in [0.25, 0.3) is 11.1 Å². The van der Waals surface area contributed by atoms with Gasteiger partial charge in [-0.2, -0.15) is 0 Å². The first-order valence-electron chi connectivity index (χ1n) is 9.68. The number of rotatable bonds is 6. The summed E-state index contributed by atoms with van der Waals surface area (Å²) in [7, 11) is 0. The molecule has 1 atom stereocenters. The van der Waals surface area contributed by atoms with Gasteiger partial charge >= 0.3 is 0 Å². The molecule has 0 radical (unpaired) electrons.